The largest absolute Gasteiger partial charge is 0.444 e. The molecule has 1 N–H and O–H groups in total. The minimum atomic E-state index is -1.08. The number of carbonyl (C=O) groups excluding carboxylic acids is 1. The highest BCUT2D eigenvalue weighted by Gasteiger charge is 2.37. The van der Waals surface area contributed by atoms with Gasteiger partial charge in [-0.05, 0) is 32.8 Å². The molecule has 0 unspecified atom stereocenters. The lowest BCUT2D eigenvalue weighted by Gasteiger charge is -2.31. The molecule has 6 nitrogen and oxygen atoms in total. The van der Waals surface area contributed by atoms with Gasteiger partial charge in [-0.2, -0.15) is 0 Å². The minimum Gasteiger partial charge on any atom is -0.444 e. The number of rotatable bonds is 5. The van der Waals surface area contributed by atoms with Crippen LogP contribution in [0.25, 0.3) is 0 Å². The van der Waals surface area contributed by atoms with Gasteiger partial charge in [-0.1, -0.05) is 37.3 Å². The molecule has 1 aliphatic rings. The van der Waals surface area contributed by atoms with Crippen LogP contribution in [0.1, 0.15) is 39.7 Å². The molecule has 1 aromatic rings. The van der Waals surface area contributed by atoms with E-state index in [9.17, 15) is 9.90 Å². The zero-order valence-electron chi connectivity index (χ0n) is 16.2. The first-order chi connectivity index (χ1) is 12.2. The van der Waals surface area contributed by atoms with Crippen LogP contribution in [0.3, 0.4) is 0 Å². The summed E-state index contributed by atoms with van der Waals surface area (Å²) < 4.78 is 17.1. The Kier molecular flexibility index (Phi) is 7.03. The first-order valence-electron chi connectivity index (χ1n) is 9.14. The molecule has 146 valence electrons. The molecule has 0 aliphatic carbocycles. The van der Waals surface area contributed by atoms with Crippen LogP contribution in [0.4, 0.5) is 4.79 Å². The zero-order chi connectivity index (χ0) is 19.2. The quantitative estimate of drug-likeness (QED) is 0.869. The van der Waals surface area contributed by atoms with Crippen molar-refractivity contribution in [1.82, 2.24) is 4.90 Å². The molecule has 0 spiro atoms. The second-order valence-corrected chi connectivity index (χ2v) is 7.87. The molecule has 1 saturated heterocycles. The highest BCUT2D eigenvalue weighted by atomic mass is 16.6. The third kappa shape index (κ3) is 6.59. The fraction of sp³-hybridized carbons (Fsp3) is 0.650. The van der Waals surface area contributed by atoms with E-state index in [2.05, 4.69) is 0 Å². The van der Waals surface area contributed by atoms with E-state index in [4.69, 9.17) is 14.2 Å². The standard InChI is InChI=1S/C20H31NO5/c1-5-20(23)14-21(18(22)26-19(2,3)4)11-17(25-15-20)13-24-12-16-9-7-6-8-10-16/h6-10,17,23H,5,11-15H2,1-4H3/t17-,20-/m0/s1. The van der Waals surface area contributed by atoms with Crippen LogP contribution in [0, 0.1) is 0 Å². The van der Waals surface area contributed by atoms with Gasteiger partial charge in [0.2, 0.25) is 0 Å². The summed E-state index contributed by atoms with van der Waals surface area (Å²) in [4.78, 5) is 14.0. The number of nitrogens with zero attached hydrogens (tertiary/aromatic N) is 1. The molecule has 6 heteroatoms. The van der Waals surface area contributed by atoms with Crippen LogP contribution in [-0.4, -0.2) is 59.7 Å². The molecule has 0 saturated carbocycles. The monoisotopic (exact) mass is 365 g/mol. The molecule has 0 bridgehead atoms. The number of benzene rings is 1. The molecule has 1 aliphatic heterocycles. The van der Waals surface area contributed by atoms with Crippen molar-refractivity contribution in [2.45, 2.75) is 58.0 Å². The van der Waals surface area contributed by atoms with Gasteiger partial charge in [0, 0.05) is 0 Å². The van der Waals surface area contributed by atoms with Gasteiger partial charge in [-0.3, -0.25) is 0 Å². The minimum absolute atomic E-state index is 0.169. The molecular weight excluding hydrogens is 334 g/mol. The van der Waals surface area contributed by atoms with Gasteiger partial charge >= 0.3 is 6.09 Å². The first kappa shape index (κ1) is 20.7. The summed E-state index contributed by atoms with van der Waals surface area (Å²) in [5.41, 5.74) is -0.589. The third-order valence-electron chi connectivity index (χ3n) is 4.22. The van der Waals surface area contributed by atoms with E-state index in [0.29, 0.717) is 26.2 Å². The van der Waals surface area contributed by atoms with E-state index in [1.54, 1.807) is 0 Å². The summed E-state index contributed by atoms with van der Waals surface area (Å²) in [7, 11) is 0. The average Bonchev–Trinajstić information content (AvgIpc) is 2.75. The Morgan fingerprint density at radius 1 is 1.35 bits per heavy atom. The van der Waals surface area contributed by atoms with Gasteiger partial charge in [0.25, 0.3) is 0 Å². The SMILES string of the molecule is CC[C@@]1(O)CO[C@H](COCc2ccccc2)CN(C(=O)OC(C)(C)C)C1. The van der Waals surface area contributed by atoms with Crippen molar-refractivity contribution >= 4 is 6.09 Å². The van der Waals surface area contributed by atoms with Gasteiger partial charge in [0.15, 0.2) is 0 Å². The van der Waals surface area contributed by atoms with E-state index in [1.807, 2.05) is 58.0 Å². The molecule has 1 aromatic carbocycles. The number of amides is 1. The van der Waals surface area contributed by atoms with Gasteiger partial charge in [0.05, 0.1) is 39.0 Å². The highest BCUT2D eigenvalue weighted by molar-refractivity contribution is 5.68. The second kappa shape index (κ2) is 8.84. The maximum Gasteiger partial charge on any atom is 0.410 e. The van der Waals surface area contributed by atoms with Crippen molar-refractivity contribution in [2.75, 3.05) is 26.3 Å². The maximum atomic E-state index is 12.5. The van der Waals surface area contributed by atoms with Gasteiger partial charge in [0.1, 0.15) is 11.2 Å². The lowest BCUT2D eigenvalue weighted by molar-refractivity contribution is -0.0749. The third-order valence-corrected chi connectivity index (χ3v) is 4.22. The van der Waals surface area contributed by atoms with Crippen molar-refractivity contribution < 1.29 is 24.1 Å². The lowest BCUT2D eigenvalue weighted by Crippen LogP contribution is -2.48. The molecule has 2 rings (SSSR count). The highest BCUT2D eigenvalue weighted by Crippen LogP contribution is 2.21. The number of aliphatic hydroxyl groups is 1. The predicted molar refractivity (Wildman–Crippen MR) is 98.9 cm³/mol. The topological polar surface area (TPSA) is 68.2 Å². The Balaban J connectivity index is 1.97. The van der Waals surface area contributed by atoms with E-state index in [1.165, 1.54) is 4.90 Å². The fourth-order valence-corrected chi connectivity index (χ4v) is 2.70. The zero-order valence-corrected chi connectivity index (χ0v) is 16.2. The first-order valence-corrected chi connectivity index (χ1v) is 9.14. The summed E-state index contributed by atoms with van der Waals surface area (Å²) >= 11 is 0. The van der Waals surface area contributed by atoms with E-state index >= 15 is 0 Å². The van der Waals surface area contributed by atoms with Crippen molar-refractivity contribution in [2.24, 2.45) is 0 Å². The average molecular weight is 365 g/mol. The Labute approximate surface area is 156 Å². The van der Waals surface area contributed by atoms with Gasteiger partial charge < -0.3 is 24.2 Å². The molecule has 1 amide bonds. The number of ether oxygens (including phenoxy) is 3. The molecular formula is C20H31NO5. The Hall–Kier alpha value is -1.63. The van der Waals surface area contributed by atoms with Crippen molar-refractivity contribution in [3.8, 4) is 0 Å². The fourth-order valence-electron chi connectivity index (χ4n) is 2.70. The molecule has 1 fully saturated rings. The van der Waals surface area contributed by atoms with E-state index in [-0.39, 0.29) is 19.3 Å². The van der Waals surface area contributed by atoms with Crippen molar-refractivity contribution in [1.29, 1.82) is 0 Å². The van der Waals surface area contributed by atoms with Crippen LogP contribution in [-0.2, 0) is 20.8 Å². The second-order valence-electron chi connectivity index (χ2n) is 7.87. The Morgan fingerprint density at radius 3 is 2.65 bits per heavy atom. The van der Waals surface area contributed by atoms with Crippen LogP contribution >= 0.6 is 0 Å². The summed E-state index contributed by atoms with van der Waals surface area (Å²) in [6.45, 7) is 8.85. The van der Waals surface area contributed by atoms with Gasteiger partial charge in [-0.15, -0.1) is 0 Å². The summed E-state index contributed by atoms with van der Waals surface area (Å²) in [5.74, 6) is 0. The number of carbonyl (C=O) groups is 1. The normalized spacial score (nSPS) is 24.2. The number of hydrogen-bond donors (Lipinski definition) is 1. The van der Waals surface area contributed by atoms with Crippen LogP contribution in [0.2, 0.25) is 0 Å². The Bertz CT molecular complexity index is 571. The van der Waals surface area contributed by atoms with Gasteiger partial charge in [-0.25, -0.2) is 4.79 Å². The smallest absolute Gasteiger partial charge is 0.410 e. The molecule has 26 heavy (non-hydrogen) atoms. The van der Waals surface area contributed by atoms with E-state index in [0.717, 1.165) is 5.56 Å². The summed E-state index contributed by atoms with van der Waals surface area (Å²) in [6.07, 6.45) is -0.265. The predicted octanol–water partition coefficient (Wildman–Crippen LogP) is 2.98. The number of β-amino-alcohol motifs (C(OH)–C–C–N with tert-alkyl or cyclic N) is 1. The Morgan fingerprint density at radius 2 is 2.04 bits per heavy atom. The molecule has 0 radical (unpaired) electrons. The summed E-state index contributed by atoms with van der Waals surface area (Å²) in [6, 6.07) is 9.88. The van der Waals surface area contributed by atoms with E-state index < -0.39 is 17.3 Å². The molecule has 1 heterocycles. The van der Waals surface area contributed by atoms with Crippen LogP contribution in [0.5, 0.6) is 0 Å². The van der Waals surface area contributed by atoms with Crippen LogP contribution < -0.4 is 0 Å². The molecule has 2 atom stereocenters. The van der Waals surface area contributed by atoms with Crippen molar-refractivity contribution in [3.05, 3.63) is 35.9 Å². The number of hydrogen-bond acceptors (Lipinski definition) is 5. The molecule has 0 aromatic heterocycles. The van der Waals surface area contributed by atoms with Crippen molar-refractivity contribution in [3.63, 3.8) is 0 Å². The van der Waals surface area contributed by atoms with Crippen LogP contribution in [0.15, 0.2) is 30.3 Å². The maximum absolute atomic E-state index is 12.5. The summed E-state index contributed by atoms with van der Waals surface area (Å²) in [5, 5.41) is 10.7. The lowest BCUT2D eigenvalue weighted by atomic mass is 10.0.